The van der Waals surface area contributed by atoms with Crippen LogP contribution in [0.25, 0.3) is 27.4 Å². The minimum atomic E-state index is -3.96. The maximum Gasteiger partial charge on any atom is 0.323 e. The van der Waals surface area contributed by atoms with Crippen LogP contribution in [-0.2, 0) is 21.5 Å². The van der Waals surface area contributed by atoms with E-state index < -0.39 is 16.1 Å². The molecule has 0 aliphatic carbocycles. The van der Waals surface area contributed by atoms with Gasteiger partial charge in [0.2, 0.25) is 5.52 Å². The second kappa shape index (κ2) is 11.2. The van der Waals surface area contributed by atoms with E-state index in [-0.39, 0.29) is 12.3 Å². The number of aromatic nitrogens is 1. The third kappa shape index (κ3) is 6.13. The number of anilines is 1. The largest absolute Gasteiger partial charge is 0.480 e. The summed E-state index contributed by atoms with van der Waals surface area (Å²) in [5, 5.41) is 10.5. The van der Waals surface area contributed by atoms with Gasteiger partial charge in [0.15, 0.2) is 6.20 Å². The zero-order valence-electron chi connectivity index (χ0n) is 20.1. The Morgan fingerprint density at radius 3 is 2.58 bits per heavy atom. The summed E-state index contributed by atoms with van der Waals surface area (Å²) < 4.78 is 35.1. The Hall–Kier alpha value is -2.70. The molecular formula is C27H24BrN2O5S3+. The molecule has 7 nitrogen and oxygen atoms in total. The normalized spacial score (nSPS) is 14.4. The fraction of sp³-hybridized carbons (Fsp3) is 0.185. The van der Waals surface area contributed by atoms with Crippen LogP contribution in [0.5, 0.6) is 0 Å². The van der Waals surface area contributed by atoms with E-state index in [1.807, 2.05) is 71.8 Å². The number of halogens is 1. The van der Waals surface area contributed by atoms with Crippen LogP contribution in [0, 0.1) is 0 Å². The molecule has 2 aromatic heterocycles. The average Bonchev–Trinajstić information content (AvgIpc) is 3.42. The number of hydrogen-bond donors (Lipinski definition) is 2. The van der Waals surface area contributed by atoms with Gasteiger partial charge in [-0.2, -0.15) is 13.0 Å². The third-order valence-electron chi connectivity index (χ3n) is 6.15. The quantitative estimate of drug-likeness (QED) is 0.127. The van der Waals surface area contributed by atoms with Crippen molar-refractivity contribution in [3.8, 4) is 11.1 Å². The molecule has 5 rings (SSSR count). The number of aliphatic carboxylic acids is 1. The highest BCUT2D eigenvalue weighted by Crippen LogP contribution is 2.48. The molecule has 0 radical (unpaired) electrons. The van der Waals surface area contributed by atoms with Gasteiger partial charge in [0.1, 0.15) is 17.8 Å². The average molecular weight is 633 g/mol. The molecule has 4 aromatic rings. The van der Waals surface area contributed by atoms with Crippen LogP contribution in [0.2, 0.25) is 0 Å². The lowest BCUT2D eigenvalue weighted by atomic mass is 10.0. The molecule has 0 bridgehead atoms. The highest BCUT2D eigenvalue weighted by molar-refractivity contribution is 9.11. The number of hydrogen-bond acceptors (Lipinski definition) is 6. The number of rotatable bonds is 9. The van der Waals surface area contributed by atoms with Crippen LogP contribution >= 0.6 is 39.0 Å². The van der Waals surface area contributed by atoms with E-state index >= 15 is 0 Å². The van der Waals surface area contributed by atoms with Crippen molar-refractivity contribution >= 4 is 77.1 Å². The number of unbranched alkanes of at least 4 members (excludes halogenated alkanes) is 1. The van der Waals surface area contributed by atoms with E-state index in [0.29, 0.717) is 19.4 Å². The Kier molecular flexibility index (Phi) is 7.92. The van der Waals surface area contributed by atoms with Crippen molar-refractivity contribution < 1.29 is 27.4 Å². The van der Waals surface area contributed by atoms with Crippen molar-refractivity contribution in [2.75, 3.05) is 17.2 Å². The summed E-state index contributed by atoms with van der Waals surface area (Å²) in [6.07, 6.45) is 4.97. The minimum Gasteiger partial charge on any atom is -0.480 e. The van der Waals surface area contributed by atoms with Gasteiger partial charge in [-0.15, -0.1) is 11.3 Å². The number of carbonyl (C=O) groups is 1. The van der Waals surface area contributed by atoms with E-state index in [9.17, 15) is 18.3 Å². The van der Waals surface area contributed by atoms with Crippen LogP contribution in [0.3, 0.4) is 0 Å². The molecule has 0 saturated heterocycles. The summed E-state index contributed by atoms with van der Waals surface area (Å²) >= 11 is 6.73. The molecule has 0 unspecified atom stereocenters. The monoisotopic (exact) mass is 631 g/mol. The summed E-state index contributed by atoms with van der Waals surface area (Å²) in [5.74, 6) is -1.16. The molecule has 2 N–H and O–H groups in total. The number of carboxylic acids is 1. The van der Waals surface area contributed by atoms with Gasteiger partial charge in [0, 0.05) is 29.0 Å². The van der Waals surface area contributed by atoms with Crippen molar-refractivity contribution in [1.29, 1.82) is 0 Å². The Balaban J connectivity index is 1.48. The predicted octanol–water partition coefficient (Wildman–Crippen LogP) is 6.28. The van der Waals surface area contributed by atoms with E-state index in [0.717, 1.165) is 46.3 Å². The molecule has 1 aliphatic rings. The summed E-state index contributed by atoms with van der Waals surface area (Å²) in [5.41, 5.74) is 4.94. The smallest absolute Gasteiger partial charge is 0.323 e. The molecule has 38 heavy (non-hydrogen) atoms. The first-order valence-corrected chi connectivity index (χ1v) is 15.9. The molecule has 196 valence electrons. The molecule has 0 fully saturated rings. The molecule has 0 spiro atoms. The molecule has 2 aromatic carbocycles. The second-order valence-corrected chi connectivity index (χ2v) is 13.9. The lowest BCUT2D eigenvalue weighted by Crippen LogP contribution is -2.34. The van der Waals surface area contributed by atoms with Crippen LogP contribution < -0.4 is 9.47 Å². The summed E-state index contributed by atoms with van der Waals surface area (Å²) in [6, 6.07) is 20.2. The lowest BCUT2D eigenvalue weighted by Gasteiger charge is -2.19. The highest BCUT2D eigenvalue weighted by Gasteiger charge is 2.28. The first-order valence-electron chi connectivity index (χ1n) is 11.8. The third-order valence-corrected chi connectivity index (χ3v) is 9.74. The lowest BCUT2D eigenvalue weighted by molar-refractivity contribution is -0.671. The van der Waals surface area contributed by atoms with Crippen LogP contribution in [0.4, 0.5) is 5.69 Å². The van der Waals surface area contributed by atoms with Gasteiger partial charge in [-0.25, -0.2) is 0 Å². The molecular weight excluding hydrogens is 608 g/mol. The van der Waals surface area contributed by atoms with Crippen molar-refractivity contribution in [3.63, 3.8) is 0 Å². The highest BCUT2D eigenvalue weighted by atomic mass is 79.9. The predicted molar refractivity (Wildman–Crippen MR) is 156 cm³/mol. The van der Waals surface area contributed by atoms with Crippen molar-refractivity contribution in [2.24, 2.45) is 0 Å². The van der Waals surface area contributed by atoms with Crippen LogP contribution in [-0.4, -0.2) is 36.3 Å². The van der Waals surface area contributed by atoms with Gasteiger partial charge in [0.05, 0.1) is 20.3 Å². The Labute approximate surface area is 237 Å². The van der Waals surface area contributed by atoms with Gasteiger partial charge >= 0.3 is 5.97 Å². The fourth-order valence-corrected chi connectivity index (χ4v) is 7.68. The maximum atomic E-state index is 11.8. The molecule has 3 heterocycles. The number of thioether (sulfide) groups is 1. The number of aryl methyl sites for hydroxylation is 1. The zero-order chi connectivity index (χ0) is 26.9. The van der Waals surface area contributed by atoms with E-state index in [2.05, 4.69) is 26.6 Å². The zero-order valence-corrected chi connectivity index (χ0v) is 24.1. The summed E-state index contributed by atoms with van der Waals surface area (Å²) in [7, 11) is -3.96. The number of carboxylic acid groups (broad SMARTS) is 1. The van der Waals surface area contributed by atoms with Gasteiger partial charge in [0.25, 0.3) is 10.1 Å². The molecule has 0 amide bonds. The second-order valence-electron chi connectivity index (χ2n) is 8.84. The number of nitrogens with zero attached hydrogens (tertiary/aromatic N) is 2. The van der Waals surface area contributed by atoms with E-state index in [4.69, 9.17) is 4.55 Å². The van der Waals surface area contributed by atoms with Crippen LogP contribution in [0.15, 0.2) is 80.6 Å². The minimum absolute atomic E-state index is 0.151. The number of fused-ring (bicyclic) bond motifs is 2. The van der Waals surface area contributed by atoms with Gasteiger partial charge in [-0.1, -0.05) is 48.2 Å². The molecule has 0 saturated carbocycles. The standard InChI is InChI=1S/C27H23BrN2O5S3/c28-24-16-22-27(37-24)20(10-12-29(22)11-4-5-13-38(33,34)35)15-25-30(17-26(31)32)21-14-19(8-9-23(21)36-25)18-6-2-1-3-7-18/h1-3,6-10,12,14-16H,4-5,11,13,17H2,(H-,31,32,33,34,35)/p+1. The Bertz CT molecular complexity index is 1650. The Morgan fingerprint density at radius 2 is 1.84 bits per heavy atom. The molecule has 1 aliphatic heterocycles. The topological polar surface area (TPSA) is 98.8 Å². The Morgan fingerprint density at radius 1 is 1.05 bits per heavy atom. The number of pyridine rings is 1. The first kappa shape index (κ1) is 26.9. The summed E-state index contributed by atoms with van der Waals surface area (Å²) in [6.45, 7) is 0.460. The fourth-order valence-electron chi connectivity index (χ4n) is 4.42. The van der Waals surface area contributed by atoms with Crippen molar-refractivity contribution in [2.45, 2.75) is 24.3 Å². The number of thiophene rings is 1. The van der Waals surface area contributed by atoms with Gasteiger partial charge < -0.3 is 10.0 Å². The molecule has 11 heteroatoms. The summed E-state index contributed by atoms with van der Waals surface area (Å²) in [4.78, 5) is 14.7. The van der Waals surface area contributed by atoms with Crippen molar-refractivity contribution in [1.82, 2.24) is 0 Å². The SMILES string of the molecule is O=C(O)CN1C(=Cc2cc[n+](CCCCS(=O)(=O)O)c3cc(Br)sc23)Sc2ccc(-c3ccccc3)cc21. The van der Waals surface area contributed by atoms with Gasteiger partial charge in [-0.05, 0) is 51.7 Å². The van der Waals surface area contributed by atoms with Crippen LogP contribution in [0.1, 0.15) is 18.4 Å². The molecule has 0 atom stereocenters. The van der Waals surface area contributed by atoms with E-state index in [1.54, 1.807) is 23.1 Å². The van der Waals surface area contributed by atoms with Gasteiger partial charge in [-0.3, -0.25) is 9.35 Å². The van der Waals surface area contributed by atoms with Crippen molar-refractivity contribution in [3.05, 3.63) is 81.2 Å². The van der Waals surface area contributed by atoms with E-state index in [1.165, 1.54) is 0 Å². The first-order chi connectivity index (χ1) is 18.2. The number of benzene rings is 2. The maximum absolute atomic E-state index is 11.8.